The van der Waals surface area contributed by atoms with Gasteiger partial charge in [0.15, 0.2) is 0 Å². The van der Waals surface area contributed by atoms with Gasteiger partial charge in [0.05, 0.1) is 0 Å². The minimum absolute atomic E-state index is 0.734. The van der Waals surface area contributed by atoms with E-state index in [-0.39, 0.29) is 0 Å². The molecule has 3 N–H and O–H groups in total. The molecule has 0 atom stereocenters. The number of nitrogens with two attached hydrogens (primary N) is 1. The smallest absolute Gasteiger partial charge is 0.00378 e. The minimum atomic E-state index is 0.734. The van der Waals surface area contributed by atoms with Gasteiger partial charge in [0, 0.05) is 12.4 Å². The first-order valence-corrected chi connectivity index (χ1v) is 2.75. The maximum absolute atomic E-state index is 5.31. The zero-order valence-corrected chi connectivity index (χ0v) is 4.72. The van der Waals surface area contributed by atoms with Crippen LogP contribution < -0.4 is 5.73 Å². The van der Waals surface area contributed by atoms with Gasteiger partial charge in [-0.2, -0.15) is 0 Å². The molecule has 1 rings (SSSR count). The molecular formula is C6H10N2. The maximum atomic E-state index is 5.31. The second-order valence-corrected chi connectivity index (χ2v) is 1.76. The van der Waals surface area contributed by atoms with Gasteiger partial charge in [0.1, 0.15) is 0 Å². The van der Waals surface area contributed by atoms with E-state index < -0.39 is 0 Å². The van der Waals surface area contributed by atoms with Crippen LogP contribution in [0.15, 0.2) is 18.5 Å². The lowest BCUT2D eigenvalue weighted by Gasteiger charge is -1.86. The van der Waals surface area contributed by atoms with Crippen molar-refractivity contribution >= 4 is 0 Å². The predicted octanol–water partition coefficient (Wildman–Crippen LogP) is 0.516. The van der Waals surface area contributed by atoms with Crippen LogP contribution in [0.5, 0.6) is 0 Å². The predicted molar refractivity (Wildman–Crippen MR) is 33.6 cm³/mol. The van der Waals surface area contributed by atoms with Crippen LogP contribution in [-0.4, -0.2) is 11.5 Å². The van der Waals surface area contributed by atoms with Crippen molar-refractivity contribution < 1.29 is 0 Å². The third kappa shape index (κ3) is 1.10. The van der Waals surface area contributed by atoms with Crippen LogP contribution in [0.3, 0.4) is 0 Å². The zero-order valence-electron chi connectivity index (χ0n) is 4.72. The summed E-state index contributed by atoms with van der Waals surface area (Å²) < 4.78 is 0. The lowest BCUT2D eigenvalue weighted by molar-refractivity contribution is 0.971. The van der Waals surface area contributed by atoms with Gasteiger partial charge in [0.25, 0.3) is 0 Å². The molecule has 2 nitrogen and oxygen atoms in total. The Kier molecular flexibility index (Phi) is 1.70. The summed E-state index contributed by atoms with van der Waals surface area (Å²) in [5.41, 5.74) is 6.59. The number of rotatable bonds is 2. The van der Waals surface area contributed by atoms with Crippen molar-refractivity contribution in [3.8, 4) is 0 Å². The summed E-state index contributed by atoms with van der Waals surface area (Å²) in [4.78, 5) is 2.96. The molecular weight excluding hydrogens is 100 g/mol. The van der Waals surface area contributed by atoms with E-state index in [9.17, 15) is 0 Å². The minimum Gasteiger partial charge on any atom is -0.367 e. The van der Waals surface area contributed by atoms with Crippen LogP contribution in [0.25, 0.3) is 0 Å². The standard InChI is InChI=1S/C6H10N2/c7-3-1-6-2-4-8-5-6/h2,4-5,8H,1,3,7H2. The van der Waals surface area contributed by atoms with Crippen LogP contribution >= 0.6 is 0 Å². The fraction of sp³-hybridized carbons (Fsp3) is 0.333. The summed E-state index contributed by atoms with van der Waals surface area (Å²) in [6.45, 7) is 0.734. The van der Waals surface area contributed by atoms with Gasteiger partial charge in [0.2, 0.25) is 0 Å². The number of hydrogen-bond donors (Lipinski definition) is 2. The summed E-state index contributed by atoms with van der Waals surface area (Å²) in [5, 5.41) is 0. The second-order valence-electron chi connectivity index (χ2n) is 1.76. The Bertz CT molecular complexity index is 132. The van der Waals surface area contributed by atoms with Crippen LogP contribution in [0, 0.1) is 0 Å². The molecule has 0 radical (unpaired) electrons. The van der Waals surface area contributed by atoms with Crippen molar-refractivity contribution in [3.63, 3.8) is 0 Å². The zero-order chi connectivity index (χ0) is 5.82. The van der Waals surface area contributed by atoms with E-state index in [1.165, 1.54) is 5.56 Å². The molecule has 44 valence electrons. The molecule has 2 heteroatoms. The van der Waals surface area contributed by atoms with Crippen LogP contribution in [0.2, 0.25) is 0 Å². The lowest BCUT2D eigenvalue weighted by Crippen LogP contribution is -2.01. The first kappa shape index (κ1) is 5.38. The molecule has 0 aliphatic rings. The lowest BCUT2D eigenvalue weighted by atomic mass is 10.2. The second kappa shape index (κ2) is 2.52. The number of hydrogen-bond acceptors (Lipinski definition) is 1. The molecule has 0 bridgehead atoms. The van der Waals surface area contributed by atoms with Gasteiger partial charge in [-0.3, -0.25) is 0 Å². The number of aromatic amines is 1. The fourth-order valence-corrected chi connectivity index (χ4v) is 0.681. The third-order valence-corrected chi connectivity index (χ3v) is 1.10. The molecule has 1 aromatic heterocycles. The van der Waals surface area contributed by atoms with Gasteiger partial charge < -0.3 is 10.7 Å². The summed E-state index contributed by atoms with van der Waals surface area (Å²) in [6, 6.07) is 2.03. The Morgan fingerprint density at radius 3 is 3.00 bits per heavy atom. The molecule has 1 aromatic rings. The average Bonchev–Trinajstić information content (AvgIpc) is 2.19. The largest absolute Gasteiger partial charge is 0.367 e. The SMILES string of the molecule is NCCc1cc[nH]c1. The van der Waals surface area contributed by atoms with Crippen molar-refractivity contribution in [3.05, 3.63) is 24.0 Å². The number of H-pyrrole nitrogens is 1. The average molecular weight is 110 g/mol. The molecule has 0 aromatic carbocycles. The van der Waals surface area contributed by atoms with Crippen molar-refractivity contribution in [2.45, 2.75) is 6.42 Å². The molecule has 8 heavy (non-hydrogen) atoms. The number of aromatic nitrogens is 1. The van der Waals surface area contributed by atoms with E-state index in [0.29, 0.717) is 0 Å². The highest BCUT2D eigenvalue weighted by Crippen LogP contribution is 1.94. The Morgan fingerprint density at radius 1 is 1.62 bits per heavy atom. The Labute approximate surface area is 48.7 Å². The molecule has 0 saturated carbocycles. The molecule has 0 unspecified atom stereocenters. The maximum Gasteiger partial charge on any atom is 0.00378 e. The molecule has 0 spiro atoms. The van der Waals surface area contributed by atoms with Crippen molar-refractivity contribution in [1.82, 2.24) is 4.98 Å². The summed E-state index contributed by atoms with van der Waals surface area (Å²) in [5.74, 6) is 0. The molecule has 0 saturated heterocycles. The van der Waals surface area contributed by atoms with Crippen LogP contribution in [0.4, 0.5) is 0 Å². The molecule has 0 fully saturated rings. The van der Waals surface area contributed by atoms with Gasteiger partial charge >= 0.3 is 0 Å². The first-order chi connectivity index (χ1) is 3.93. The number of nitrogens with one attached hydrogen (secondary N) is 1. The quantitative estimate of drug-likeness (QED) is 0.572. The molecule has 0 aliphatic heterocycles. The highest BCUT2D eigenvalue weighted by Gasteiger charge is 1.86. The Hall–Kier alpha value is -0.760. The van der Waals surface area contributed by atoms with E-state index in [1.54, 1.807) is 0 Å². The van der Waals surface area contributed by atoms with E-state index in [2.05, 4.69) is 4.98 Å². The normalized spacial score (nSPS) is 9.62. The topological polar surface area (TPSA) is 41.8 Å². The van der Waals surface area contributed by atoms with Crippen LogP contribution in [0.1, 0.15) is 5.56 Å². The van der Waals surface area contributed by atoms with Crippen molar-refractivity contribution in [1.29, 1.82) is 0 Å². The summed E-state index contributed by atoms with van der Waals surface area (Å²) in [6.07, 6.45) is 4.85. The molecule has 0 aliphatic carbocycles. The Morgan fingerprint density at radius 2 is 2.50 bits per heavy atom. The Balaban J connectivity index is 2.50. The van der Waals surface area contributed by atoms with Gasteiger partial charge in [-0.25, -0.2) is 0 Å². The highest BCUT2D eigenvalue weighted by atomic mass is 14.6. The first-order valence-electron chi connectivity index (χ1n) is 2.75. The van der Waals surface area contributed by atoms with Crippen molar-refractivity contribution in [2.75, 3.05) is 6.54 Å². The van der Waals surface area contributed by atoms with Gasteiger partial charge in [-0.05, 0) is 24.6 Å². The highest BCUT2D eigenvalue weighted by molar-refractivity contribution is 5.08. The van der Waals surface area contributed by atoms with Crippen LogP contribution in [-0.2, 0) is 6.42 Å². The van der Waals surface area contributed by atoms with E-state index >= 15 is 0 Å². The monoisotopic (exact) mass is 110 g/mol. The van der Waals surface area contributed by atoms with E-state index in [1.807, 2.05) is 18.5 Å². The van der Waals surface area contributed by atoms with Gasteiger partial charge in [-0.1, -0.05) is 0 Å². The van der Waals surface area contributed by atoms with Gasteiger partial charge in [-0.15, -0.1) is 0 Å². The van der Waals surface area contributed by atoms with E-state index in [0.717, 1.165) is 13.0 Å². The van der Waals surface area contributed by atoms with E-state index in [4.69, 9.17) is 5.73 Å². The summed E-state index contributed by atoms with van der Waals surface area (Å²) >= 11 is 0. The fourth-order valence-electron chi connectivity index (χ4n) is 0.681. The molecule has 1 heterocycles. The third-order valence-electron chi connectivity index (χ3n) is 1.10. The van der Waals surface area contributed by atoms with Crippen molar-refractivity contribution in [2.24, 2.45) is 5.73 Å². The molecule has 0 amide bonds. The summed E-state index contributed by atoms with van der Waals surface area (Å²) in [7, 11) is 0.